The van der Waals surface area contributed by atoms with Gasteiger partial charge in [0.15, 0.2) is 0 Å². The lowest BCUT2D eigenvalue weighted by Crippen LogP contribution is -2.25. The lowest BCUT2D eigenvalue weighted by atomic mass is 9.98. The fourth-order valence-corrected chi connectivity index (χ4v) is 2.34. The highest BCUT2D eigenvalue weighted by Gasteiger charge is 2.16. The molecule has 1 aliphatic heterocycles. The molecule has 0 spiro atoms. The lowest BCUT2D eigenvalue weighted by Gasteiger charge is -2.21. The number of hydrogen-bond acceptors (Lipinski definition) is 4. The predicted molar refractivity (Wildman–Crippen MR) is 66.3 cm³/mol. The molecule has 0 aromatic carbocycles. The Morgan fingerprint density at radius 1 is 1.44 bits per heavy atom. The second kappa shape index (κ2) is 5.14. The molecule has 0 radical (unpaired) electrons. The Bertz CT molecular complexity index is 340. The Kier molecular flexibility index (Phi) is 3.59. The topological polar surface area (TPSA) is 55.0 Å². The van der Waals surface area contributed by atoms with Crippen molar-refractivity contribution >= 4 is 11.8 Å². The van der Waals surface area contributed by atoms with E-state index in [1.54, 1.807) is 6.20 Å². The van der Waals surface area contributed by atoms with Crippen LogP contribution in [0.25, 0.3) is 0 Å². The van der Waals surface area contributed by atoms with Gasteiger partial charge < -0.3 is 10.6 Å². The molecule has 0 bridgehead atoms. The minimum Gasteiger partial charge on any atom is -0.368 e. The molecular formula is C12H20N4. The molecule has 1 saturated heterocycles. The number of hydrogen-bond donors (Lipinski definition) is 1. The highest BCUT2D eigenvalue weighted by molar-refractivity contribution is 5.40. The van der Waals surface area contributed by atoms with Crippen LogP contribution in [-0.4, -0.2) is 23.1 Å². The third kappa shape index (κ3) is 2.62. The molecule has 4 nitrogen and oxygen atoms in total. The van der Waals surface area contributed by atoms with Crippen molar-refractivity contribution < 1.29 is 0 Å². The van der Waals surface area contributed by atoms with E-state index < -0.39 is 0 Å². The van der Waals surface area contributed by atoms with Gasteiger partial charge in [-0.25, -0.2) is 4.98 Å². The Labute approximate surface area is 96.9 Å². The zero-order chi connectivity index (χ0) is 11.4. The molecule has 1 fully saturated rings. The molecule has 1 aromatic heterocycles. The van der Waals surface area contributed by atoms with Crippen LogP contribution in [0.1, 0.15) is 32.6 Å². The average molecular weight is 220 g/mol. The van der Waals surface area contributed by atoms with E-state index in [2.05, 4.69) is 21.8 Å². The van der Waals surface area contributed by atoms with Crippen molar-refractivity contribution in [2.45, 2.75) is 32.6 Å². The number of aromatic nitrogens is 2. The van der Waals surface area contributed by atoms with E-state index in [1.807, 2.05) is 6.07 Å². The third-order valence-corrected chi connectivity index (χ3v) is 3.41. The van der Waals surface area contributed by atoms with E-state index >= 15 is 0 Å². The van der Waals surface area contributed by atoms with Crippen molar-refractivity contribution in [1.82, 2.24) is 9.97 Å². The summed E-state index contributed by atoms with van der Waals surface area (Å²) in [6.07, 6.45) is 6.88. The second-order valence-electron chi connectivity index (χ2n) is 4.47. The maximum atomic E-state index is 5.61. The van der Waals surface area contributed by atoms with Gasteiger partial charge in [-0.05, 0) is 31.2 Å². The first kappa shape index (κ1) is 11.2. The standard InChI is InChI=1S/C12H20N4/c1-2-10-4-3-8-16(9-6-10)11-5-7-14-12(13)15-11/h5,7,10H,2-4,6,8-9H2,1H3,(H2,13,14,15). The van der Waals surface area contributed by atoms with Crippen molar-refractivity contribution in [2.75, 3.05) is 23.7 Å². The van der Waals surface area contributed by atoms with Gasteiger partial charge in [-0.1, -0.05) is 13.3 Å². The summed E-state index contributed by atoms with van der Waals surface area (Å²) in [6.45, 7) is 4.46. The number of nitrogens with two attached hydrogens (primary N) is 1. The van der Waals surface area contributed by atoms with Crippen LogP contribution in [0.4, 0.5) is 11.8 Å². The second-order valence-corrected chi connectivity index (χ2v) is 4.47. The van der Waals surface area contributed by atoms with Crippen LogP contribution in [0.3, 0.4) is 0 Å². The van der Waals surface area contributed by atoms with Crippen molar-refractivity contribution in [3.8, 4) is 0 Å². The van der Waals surface area contributed by atoms with E-state index in [4.69, 9.17) is 5.73 Å². The Hall–Kier alpha value is -1.32. The number of anilines is 2. The summed E-state index contributed by atoms with van der Waals surface area (Å²) < 4.78 is 0. The summed E-state index contributed by atoms with van der Waals surface area (Å²) in [7, 11) is 0. The molecule has 1 atom stereocenters. The van der Waals surface area contributed by atoms with Gasteiger partial charge in [0.05, 0.1) is 0 Å². The highest BCUT2D eigenvalue weighted by Crippen LogP contribution is 2.23. The first-order valence-electron chi connectivity index (χ1n) is 6.13. The molecule has 0 aliphatic carbocycles. The molecule has 2 heterocycles. The van der Waals surface area contributed by atoms with E-state index in [1.165, 1.54) is 25.7 Å². The predicted octanol–water partition coefficient (Wildman–Crippen LogP) is 2.08. The van der Waals surface area contributed by atoms with E-state index in [0.717, 1.165) is 24.8 Å². The van der Waals surface area contributed by atoms with Gasteiger partial charge in [-0.3, -0.25) is 0 Å². The minimum atomic E-state index is 0.369. The monoisotopic (exact) mass is 220 g/mol. The average Bonchev–Trinajstić information content (AvgIpc) is 2.54. The fourth-order valence-electron chi connectivity index (χ4n) is 2.34. The van der Waals surface area contributed by atoms with Crippen LogP contribution >= 0.6 is 0 Å². The molecule has 2 N–H and O–H groups in total. The van der Waals surface area contributed by atoms with Crippen molar-refractivity contribution in [3.05, 3.63) is 12.3 Å². The third-order valence-electron chi connectivity index (χ3n) is 3.41. The molecule has 0 saturated carbocycles. The summed E-state index contributed by atoms with van der Waals surface area (Å²) in [5, 5.41) is 0. The summed E-state index contributed by atoms with van der Waals surface area (Å²) in [4.78, 5) is 10.5. The summed E-state index contributed by atoms with van der Waals surface area (Å²) in [5.74, 6) is 2.22. The lowest BCUT2D eigenvalue weighted by molar-refractivity contribution is 0.459. The van der Waals surface area contributed by atoms with E-state index in [9.17, 15) is 0 Å². The van der Waals surface area contributed by atoms with Crippen LogP contribution in [0, 0.1) is 5.92 Å². The van der Waals surface area contributed by atoms with Crippen LogP contribution < -0.4 is 10.6 Å². The van der Waals surface area contributed by atoms with Gasteiger partial charge in [0, 0.05) is 19.3 Å². The smallest absolute Gasteiger partial charge is 0.221 e. The summed E-state index contributed by atoms with van der Waals surface area (Å²) in [5.41, 5.74) is 5.61. The summed E-state index contributed by atoms with van der Waals surface area (Å²) >= 11 is 0. The molecule has 1 aromatic rings. The van der Waals surface area contributed by atoms with Gasteiger partial charge in [0.1, 0.15) is 5.82 Å². The van der Waals surface area contributed by atoms with Crippen LogP contribution in [-0.2, 0) is 0 Å². The number of rotatable bonds is 2. The van der Waals surface area contributed by atoms with Crippen LogP contribution in [0.15, 0.2) is 12.3 Å². The Morgan fingerprint density at radius 2 is 2.31 bits per heavy atom. The maximum Gasteiger partial charge on any atom is 0.221 e. The van der Waals surface area contributed by atoms with Gasteiger partial charge in [-0.2, -0.15) is 4.98 Å². The number of nitrogens with zero attached hydrogens (tertiary/aromatic N) is 3. The van der Waals surface area contributed by atoms with Gasteiger partial charge in [-0.15, -0.1) is 0 Å². The first-order chi connectivity index (χ1) is 7.79. The zero-order valence-corrected chi connectivity index (χ0v) is 9.89. The first-order valence-corrected chi connectivity index (χ1v) is 6.13. The Balaban J connectivity index is 2.04. The maximum absolute atomic E-state index is 5.61. The van der Waals surface area contributed by atoms with E-state index in [-0.39, 0.29) is 0 Å². The molecule has 16 heavy (non-hydrogen) atoms. The fraction of sp³-hybridized carbons (Fsp3) is 0.667. The molecule has 2 rings (SSSR count). The molecular weight excluding hydrogens is 200 g/mol. The minimum absolute atomic E-state index is 0.369. The molecule has 88 valence electrons. The van der Waals surface area contributed by atoms with Crippen molar-refractivity contribution in [3.63, 3.8) is 0 Å². The Morgan fingerprint density at radius 3 is 3.06 bits per heavy atom. The van der Waals surface area contributed by atoms with Crippen LogP contribution in [0.5, 0.6) is 0 Å². The normalized spacial score (nSPS) is 21.8. The quantitative estimate of drug-likeness (QED) is 0.829. The van der Waals surface area contributed by atoms with Crippen molar-refractivity contribution in [2.24, 2.45) is 5.92 Å². The molecule has 4 heteroatoms. The molecule has 1 aliphatic rings. The van der Waals surface area contributed by atoms with Crippen molar-refractivity contribution in [1.29, 1.82) is 0 Å². The van der Waals surface area contributed by atoms with Gasteiger partial charge in [0.25, 0.3) is 0 Å². The SMILES string of the molecule is CCC1CCCN(c2ccnc(N)n2)CC1. The highest BCUT2D eigenvalue weighted by atomic mass is 15.2. The van der Waals surface area contributed by atoms with Crippen LogP contribution in [0.2, 0.25) is 0 Å². The van der Waals surface area contributed by atoms with Gasteiger partial charge >= 0.3 is 0 Å². The molecule has 1 unspecified atom stereocenters. The van der Waals surface area contributed by atoms with E-state index in [0.29, 0.717) is 5.95 Å². The molecule has 0 amide bonds. The largest absolute Gasteiger partial charge is 0.368 e. The van der Waals surface area contributed by atoms with Gasteiger partial charge in [0.2, 0.25) is 5.95 Å². The summed E-state index contributed by atoms with van der Waals surface area (Å²) in [6, 6.07) is 1.95. The number of nitrogen functional groups attached to an aromatic ring is 1. The zero-order valence-electron chi connectivity index (χ0n) is 9.89.